The third-order valence-electron chi connectivity index (χ3n) is 6.69. The highest BCUT2D eigenvalue weighted by Gasteiger charge is 2.27. The van der Waals surface area contributed by atoms with Crippen molar-refractivity contribution < 1.29 is 14.2 Å². The van der Waals surface area contributed by atoms with Crippen molar-refractivity contribution in [2.75, 3.05) is 22.1 Å². The Hall–Kier alpha value is -6.08. The molecule has 0 unspecified atom stereocenters. The first-order valence-corrected chi connectivity index (χ1v) is 13.7. The van der Waals surface area contributed by atoms with Crippen LogP contribution in [-0.4, -0.2) is 0 Å². The second-order valence-electron chi connectivity index (χ2n) is 9.67. The lowest BCUT2D eigenvalue weighted by Gasteiger charge is -2.31. The third kappa shape index (κ3) is 5.87. The summed E-state index contributed by atoms with van der Waals surface area (Å²) in [5.74, 6) is 3.20. The fourth-order valence-electron chi connectivity index (χ4n) is 4.70. The zero-order valence-corrected chi connectivity index (χ0v) is 23.3. The molecule has 0 saturated carbocycles. The standard InChI is InChI=1S/C36H30N4O3/c37-28-19-10-22-31(34(28)41-25-13-4-1-5-14-25)40(32-23-11-20-29(38)35(32)42-26-15-6-2-7-16-26)33-24-12-21-30(39)36(33)43-27-17-8-3-9-18-27/h1-24H,37-39H2. The first-order valence-electron chi connectivity index (χ1n) is 13.7. The van der Waals surface area contributed by atoms with E-state index in [0.717, 1.165) is 0 Å². The molecule has 7 heteroatoms. The molecule has 0 heterocycles. The van der Waals surface area contributed by atoms with Gasteiger partial charge in [-0.05, 0) is 72.8 Å². The number of benzene rings is 6. The zero-order chi connectivity index (χ0) is 29.6. The predicted octanol–water partition coefficient (Wildman–Crippen LogP) is 9.28. The third-order valence-corrected chi connectivity index (χ3v) is 6.69. The van der Waals surface area contributed by atoms with Crippen LogP contribution in [0, 0.1) is 0 Å². The van der Waals surface area contributed by atoms with Gasteiger partial charge in [0.2, 0.25) is 0 Å². The van der Waals surface area contributed by atoms with Crippen LogP contribution in [0.2, 0.25) is 0 Å². The van der Waals surface area contributed by atoms with E-state index >= 15 is 0 Å². The van der Waals surface area contributed by atoms with Crippen LogP contribution < -0.4 is 36.3 Å². The van der Waals surface area contributed by atoms with E-state index in [2.05, 4.69) is 0 Å². The Morgan fingerprint density at radius 1 is 0.326 bits per heavy atom. The van der Waals surface area contributed by atoms with Gasteiger partial charge in [-0.1, -0.05) is 72.8 Å². The van der Waals surface area contributed by atoms with Crippen LogP contribution in [0.4, 0.5) is 34.1 Å². The van der Waals surface area contributed by atoms with Crippen molar-refractivity contribution in [1.29, 1.82) is 0 Å². The predicted molar refractivity (Wildman–Crippen MR) is 174 cm³/mol. The molecule has 0 fully saturated rings. The average Bonchev–Trinajstić information content (AvgIpc) is 3.03. The quantitative estimate of drug-likeness (QED) is 0.150. The first-order chi connectivity index (χ1) is 21.1. The van der Waals surface area contributed by atoms with E-state index < -0.39 is 0 Å². The summed E-state index contributed by atoms with van der Waals surface area (Å²) in [6, 6.07) is 45.1. The van der Waals surface area contributed by atoms with Gasteiger partial charge in [0.25, 0.3) is 0 Å². The average molecular weight is 567 g/mol. The molecule has 0 bridgehead atoms. The van der Waals surface area contributed by atoms with Crippen molar-refractivity contribution in [1.82, 2.24) is 0 Å². The maximum absolute atomic E-state index is 6.58. The molecule has 0 spiro atoms. The molecule has 0 radical (unpaired) electrons. The molecule has 0 aliphatic rings. The highest BCUT2D eigenvalue weighted by molar-refractivity contribution is 5.92. The van der Waals surface area contributed by atoms with Crippen LogP contribution in [-0.2, 0) is 0 Å². The number of nitrogens with two attached hydrogens (primary N) is 3. The van der Waals surface area contributed by atoms with Crippen LogP contribution in [0.5, 0.6) is 34.5 Å². The van der Waals surface area contributed by atoms with Crippen molar-refractivity contribution >= 4 is 34.1 Å². The number of nitrogens with zero attached hydrogens (tertiary/aromatic N) is 1. The Kier molecular flexibility index (Phi) is 7.69. The molecular weight excluding hydrogens is 536 g/mol. The second-order valence-corrected chi connectivity index (χ2v) is 9.67. The van der Waals surface area contributed by atoms with Gasteiger partial charge in [0.15, 0.2) is 17.2 Å². The summed E-state index contributed by atoms with van der Waals surface area (Å²) >= 11 is 0. The maximum Gasteiger partial charge on any atom is 0.174 e. The van der Waals surface area contributed by atoms with Crippen molar-refractivity contribution in [2.24, 2.45) is 0 Å². The molecule has 6 aromatic rings. The summed E-state index contributed by atoms with van der Waals surface area (Å²) < 4.78 is 19.3. The first kappa shape index (κ1) is 27.1. The normalized spacial score (nSPS) is 10.6. The number of ether oxygens (including phenoxy) is 3. The SMILES string of the molecule is Nc1cccc(N(c2cccc(N)c2Oc2ccccc2)c2cccc(N)c2Oc2ccccc2)c1Oc1ccccc1. The molecule has 0 aliphatic carbocycles. The molecule has 6 N–H and O–H groups in total. The Balaban J connectivity index is 1.60. The summed E-state index contributed by atoms with van der Waals surface area (Å²) in [6.07, 6.45) is 0. The Labute approximate surface area is 250 Å². The second kappa shape index (κ2) is 12.2. The highest BCUT2D eigenvalue weighted by Crippen LogP contribution is 2.52. The zero-order valence-electron chi connectivity index (χ0n) is 23.3. The van der Waals surface area contributed by atoms with Crippen LogP contribution in [0.25, 0.3) is 0 Å². The lowest BCUT2D eigenvalue weighted by atomic mass is 10.1. The summed E-state index contributed by atoms with van der Waals surface area (Å²) in [6.45, 7) is 0. The Morgan fingerprint density at radius 2 is 0.605 bits per heavy atom. The summed E-state index contributed by atoms with van der Waals surface area (Å²) in [5, 5.41) is 0. The lowest BCUT2D eigenvalue weighted by Crippen LogP contribution is -2.15. The molecule has 0 aliphatic heterocycles. The van der Waals surface area contributed by atoms with Crippen molar-refractivity contribution in [3.05, 3.63) is 146 Å². The smallest absolute Gasteiger partial charge is 0.174 e. The van der Waals surface area contributed by atoms with Crippen LogP contribution in [0.3, 0.4) is 0 Å². The van der Waals surface area contributed by atoms with Gasteiger partial charge in [-0.25, -0.2) is 0 Å². The van der Waals surface area contributed by atoms with E-state index in [1.54, 1.807) is 18.2 Å². The number of anilines is 6. The van der Waals surface area contributed by atoms with Gasteiger partial charge < -0.3 is 31.4 Å². The number of nitrogen functional groups attached to an aromatic ring is 3. The molecule has 6 rings (SSSR count). The van der Waals surface area contributed by atoms with Crippen LogP contribution >= 0.6 is 0 Å². The molecule has 0 aromatic heterocycles. The monoisotopic (exact) mass is 566 g/mol. The van der Waals surface area contributed by atoms with Gasteiger partial charge in [0, 0.05) is 0 Å². The number of para-hydroxylation sites is 6. The van der Waals surface area contributed by atoms with Gasteiger partial charge in [-0.2, -0.15) is 0 Å². The molecule has 0 atom stereocenters. The fourth-order valence-corrected chi connectivity index (χ4v) is 4.70. The molecule has 0 saturated heterocycles. The molecular formula is C36H30N4O3. The number of hydrogen-bond acceptors (Lipinski definition) is 7. The summed E-state index contributed by atoms with van der Waals surface area (Å²) in [5.41, 5.74) is 22.9. The van der Waals surface area contributed by atoms with E-state index in [-0.39, 0.29) is 0 Å². The minimum Gasteiger partial charge on any atom is -0.453 e. The van der Waals surface area contributed by atoms with Crippen molar-refractivity contribution in [3.8, 4) is 34.5 Å². The van der Waals surface area contributed by atoms with Gasteiger partial charge >= 0.3 is 0 Å². The minimum atomic E-state index is 0.440. The lowest BCUT2D eigenvalue weighted by molar-refractivity contribution is 0.479. The Morgan fingerprint density at radius 3 is 0.884 bits per heavy atom. The molecule has 212 valence electrons. The van der Waals surface area contributed by atoms with E-state index in [0.29, 0.717) is 68.6 Å². The largest absolute Gasteiger partial charge is 0.453 e. The van der Waals surface area contributed by atoms with E-state index in [1.165, 1.54) is 0 Å². The van der Waals surface area contributed by atoms with Crippen molar-refractivity contribution in [3.63, 3.8) is 0 Å². The van der Waals surface area contributed by atoms with Gasteiger partial charge in [-0.3, -0.25) is 4.90 Å². The number of rotatable bonds is 9. The summed E-state index contributed by atoms with van der Waals surface area (Å²) in [7, 11) is 0. The van der Waals surface area contributed by atoms with Crippen molar-refractivity contribution in [2.45, 2.75) is 0 Å². The topological polar surface area (TPSA) is 109 Å². The van der Waals surface area contributed by atoms with Crippen LogP contribution in [0.1, 0.15) is 0 Å². The molecule has 6 aromatic carbocycles. The minimum absolute atomic E-state index is 0.440. The summed E-state index contributed by atoms with van der Waals surface area (Å²) in [4.78, 5) is 1.94. The fraction of sp³-hybridized carbons (Fsp3) is 0. The molecule has 43 heavy (non-hydrogen) atoms. The molecule has 7 nitrogen and oxygen atoms in total. The van der Waals surface area contributed by atoms with E-state index in [9.17, 15) is 0 Å². The van der Waals surface area contributed by atoms with Gasteiger partial charge in [0.1, 0.15) is 17.2 Å². The maximum atomic E-state index is 6.58. The number of hydrogen-bond donors (Lipinski definition) is 3. The van der Waals surface area contributed by atoms with Gasteiger partial charge in [-0.15, -0.1) is 0 Å². The van der Waals surface area contributed by atoms with Crippen LogP contribution in [0.15, 0.2) is 146 Å². The molecule has 0 amide bonds. The van der Waals surface area contributed by atoms with E-state index in [4.69, 9.17) is 31.4 Å². The highest BCUT2D eigenvalue weighted by atomic mass is 16.5. The van der Waals surface area contributed by atoms with E-state index in [1.807, 2.05) is 132 Å². The van der Waals surface area contributed by atoms with Gasteiger partial charge in [0.05, 0.1) is 34.1 Å². The Bertz CT molecular complexity index is 1610.